The fourth-order valence-corrected chi connectivity index (χ4v) is 3.60. The molecule has 18 heavy (non-hydrogen) atoms. The van der Waals surface area contributed by atoms with Crippen molar-refractivity contribution in [3.05, 3.63) is 34.7 Å². The van der Waals surface area contributed by atoms with Crippen molar-refractivity contribution in [3.63, 3.8) is 0 Å². The number of halogens is 1. The molecule has 3 nitrogen and oxygen atoms in total. The quantitative estimate of drug-likeness (QED) is 0.799. The molecular weight excluding hydrogens is 266 g/mol. The van der Waals surface area contributed by atoms with Crippen molar-refractivity contribution in [1.29, 1.82) is 0 Å². The summed E-state index contributed by atoms with van der Waals surface area (Å²) in [6, 6.07) is 8.16. The van der Waals surface area contributed by atoms with Gasteiger partial charge >= 0.3 is 0 Å². The summed E-state index contributed by atoms with van der Waals surface area (Å²) in [5, 5.41) is 0.969. The lowest BCUT2D eigenvalue weighted by Gasteiger charge is -2.19. The van der Waals surface area contributed by atoms with Crippen molar-refractivity contribution in [2.24, 2.45) is 15.7 Å². The number of nitrogens with zero attached hydrogens (tertiary/aromatic N) is 2. The van der Waals surface area contributed by atoms with Crippen LogP contribution in [0.15, 0.2) is 34.3 Å². The summed E-state index contributed by atoms with van der Waals surface area (Å²) < 4.78 is 1.25. The van der Waals surface area contributed by atoms with E-state index in [9.17, 15) is 0 Å². The third-order valence-electron chi connectivity index (χ3n) is 3.04. The van der Waals surface area contributed by atoms with Crippen LogP contribution in [0, 0.1) is 6.92 Å². The molecule has 2 heterocycles. The van der Waals surface area contributed by atoms with Crippen LogP contribution in [0.5, 0.6) is 0 Å². The average Bonchev–Trinajstić information content (AvgIpc) is 2.68. The minimum atomic E-state index is -0.242. The Hall–Kier alpha value is -1.39. The fraction of sp³-hybridized carbons (Fsp3) is 0.231. The highest BCUT2D eigenvalue weighted by Crippen LogP contribution is 2.39. The van der Waals surface area contributed by atoms with Gasteiger partial charge in [-0.1, -0.05) is 18.2 Å². The predicted octanol–water partition coefficient (Wildman–Crippen LogP) is 3.26. The largest absolute Gasteiger partial charge is 0.368 e. The maximum absolute atomic E-state index is 6.30. The molecule has 0 saturated heterocycles. The van der Waals surface area contributed by atoms with Crippen LogP contribution in [-0.2, 0) is 0 Å². The lowest BCUT2D eigenvalue weighted by atomic mass is 10.0. The lowest BCUT2D eigenvalue weighted by molar-refractivity contribution is 0.770. The minimum absolute atomic E-state index is 0.139. The Morgan fingerprint density at radius 3 is 2.94 bits per heavy atom. The summed E-state index contributed by atoms with van der Waals surface area (Å²) in [6.07, 6.45) is 1.67. The van der Waals surface area contributed by atoms with Gasteiger partial charge in [-0.25, -0.2) is 9.98 Å². The van der Waals surface area contributed by atoms with Crippen LogP contribution in [0.4, 0.5) is 0 Å². The Bertz CT molecular complexity index is 659. The van der Waals surface area contributed by atoms with Crippen molar-refractivity contribution in [2.75, 3.05) is 0 Å². The van der Waals surface area contributed by atoms with Gasteiger partial charge in [0.2, 0.25) is 5.96 Å². The van der Waals surface area contributed by atoms with Crippen LogP contribution in [0.3, 0.4) is 0 Å². The van der Waals surface area contributed by atoms with E-state index in [1.165, 1.54) is 20.5 Å². The van der Waals surface area contributed by atoms with E-state index in [2.05, 4.69) is 29.0 Å². The van der Waals surface area contributed by atoms with Crippen LogP contribution >= 0.6 is 22.9 Å². The molecule has 1 aliphatic rings. The third kappa shape index (κ3) is 1.82. The van der Waals surface area contributed by atoms with Crippen molar-refractivity contribution in [1.82, 2.24) is 0 Å². The highest BCUT2D eigenvalue weighted by Gasteiger charge is 2.27. The second-order valence-corrected chi connectivity index (χ2v) is 5.98. The maximum atomic E-state index is 6.30. The number of hydrogen-bond acceptors (Lipinski definition) is 4. The number of hydrogen-bond donors (Lipinski definition) is 1. The van der Waals surface area contributed by atoms with Gasteiger partial charge in [0.25, 0.3) is 0 Å². The number of alkyl halides is 1. The molecule has 3 rings (SSSR count). The van der Waals surface area contributed by atoms with Gasteiger partial charge < -0.3 is 5.73 Å². The molecule has 0 aliphatic carbocycles. The molecule has 92 valence electrons. The number of guanidine groups is 1. The zero-order valence-electron chi connectivity index (χ0n) is 9.80. The van der Waals surface area contributed by atoms with E-state index in [-0.39, 0.29) is 11.4 Å². The molecule has 2 atom stereocenters. The Kier molecular flexibility index (Phi) is 2.84. The van der Waals surface area contributed by atoms with E-state index in [1.807, 2.05) is 12.1 Å². The first kappa shape index (κ1) is 11.7. The van der Waals surface area contributed by atoms with Gasteiger partial charge in [-0.15, -0.1) is 22.9 Å². The first-order valence-electron chi connectivity index (χ1n) is 5.66. The molecule has 1 aromatic heterocycles. The minimum Gasteiger partial charge on any atom is -0.368 e. The van der Waals surface area contributed by atoms with Crippen molar-refractivity contribution in [2.45, 2.75) is 18.3 Å². The molecule has 0 saturated carbocycles. The Labute approximate surface area is 114 Å². The normalized spacial score (nSPS) is 23.3. The smallest absolute Gasteiger partial charge is 0.215 e. The van der Waals surface area contributed by atoms with Gasteiger partial charge in [0.1, 0.15) is 6.04 Å². The number of nitrogens with two attached hydrogens (primary N) is 1. The van der Waals surface area contributed by atoms with Crippen LogP contribution in [0.1, 0.15) is 16.5 Å². The molecular formula is C13H12ClN3S. The standard InChI is InChI=1S/C13H12ClN3S/c1-7-11(8-4-2-3-5-10(8)18-7)12-9(14)6-16-13(15)17-12/h2-6,9,12H,1H3,(H2,15,17). The second-order valence-electron chi connectivity index (χ2n) is 4.22. The lowest BCUT2D eigenvalue weighted by Crippen LogP contribution is -2.23. The molecule has 2 aromatic rings. The van der Waals surface area contributed by atoms with E-state index in [0.29, 0.717) is 5.96 Å². The predicted molar refractivity (Wildman–Crippen MR) is 79.1 cm³/mol. The molecule has 0 fully saturated rings. The maximum Gasteiger partial charge on any atom is 0.215 e. The van der Waals surface area contributed by atoms with Crippen molar-refractivity contribution >= 4 is 45.2 Å². The third-order valence-corrected chi connectivity index (χ3v) is 4.49. The van der Waals surface area contributed by atoms with Crippen LogP contribution in [0.25, 0.3) is 10.1 Å². The van der Waals surface area contributed by atoms with Crippen LogP contribution in [0.2, 0.25) is 0 Å². The first-order valence-corrected chi connectivity index (χ1v) is 6.91. The van der Waals surface area contributed by atoms with Gasteiger partial charge in [0.15, 0.2) is 0 Å². The van der Waals surface area contributed by atoms with Gasteiger partial charge in [0.05, 0.1) is 5.38 Å². The van der Waals surface area contributed by atoms with Gasteiger partial charge in [-0.2, -0.15) is 0 Å². The van der Waals surface area contributed by atoms with E-state index in [1.54, 1.807) is 17.6 Å². The summed E-state index contributed by atoms with van der Waals surface area (Å²) in [6.45, 7) is 2.10. The summed E-state index contributed by atoms with van der Waals surface area (Å²) in [5.74, 6) is 0.298. The molecule has 0 radical (unpaired) electrons. The molecule has 2 N–H and O–H groups in total. The van der Waals surface area contributed by atoms with Crippen molar-refractivity contribution in [3.8, 4) is 0 Å². The molecule has 0 amide bonds. The molecule has 0 bridgehead atoms. The van der Waals surface area contributed by atoms with E-state index in [0.717, 1.165) is 0 Å². The highest BCUT2D eigenvalue weighted by molar-refractivity contribution is 7.19. The highest BCUT2D eigenvalue weighted by atomic mass is 35.5. The second kappa shape index (κ2) is 4.37. The van der Waals surface area contributed by atoms with E-state index in [4.69, 9.17) is 17.3 Å². The van der Waals surface area contributed by atoms with E-state index < -0.39 is 0 Å². The first-order chi connectivity index (χ1) is 8.66. The monoisotopic (exact) mass is 277 g/mol. The summed E-state index contributed by atoms with van der Waals surface area (Å²) in [5.41, 5.74) is 6.86. The molecule has 0 spiro atoms. The summed E-state index contributed by atoms with van der Waals surface area (Å²) in [4.78, 5) is 9.58. The van der Waals surface area contributed by atoms with Gasteiger partial charge in [0, 0.05) is 21.4 Å². The Morgan fingerprint density at radius 1 is 1.33 bits per heavy atom. The van der Waals surface area contributed by atoms with Crippen LogP contribution < -0.4 is 5.73 Å². The number of thiophene rings is 1. The molecule has 5 heteroatoms. The molecule has 2 unspecified atom stereocenters. The SMILES string of the molecule is Cc1sc2ccccc2c1C1N=C(N)N=CC1Cl. The number of fused-ring (bicyclic) bond motifs is 1. The topological polar surface area (TPSA) is 50.7 Å². The summed E-state index contributed by atoms with van der Waals surface area (Å²) in [7, 11) is 0. The Balaban J connectivity index is 2.20. The number of rotatable bonds is 1. The van der Waals surface area contributed by atoms with E-state index >= 15 is 0 Å². The summed E-state index contributed by atoms with van der Waals surface area (Å²) >= 11 is 8.07. The zero-order valence-corrected chi connectivity index (χ0v) is 11.4. The number of aryl methyl sites for hydroxylation is 1. The molecule has 1 aromatic carbocycles. The average molecular weight is 278 g/mol. The van der Waals surface area contributed by atoms with Gasteiger partial charge in [-0.3, -0.25) is 0 Å². The Morgan fingerprint density at radius 2 is 2.11 bits per heavy atom. The number of aliphatic imine (C=N–C) groups is 2. The number of benzene rings is 1. The van der Waals surface area contributed by atoms with Crippen molar-refractivity contribution < 1.29 is 0 Å². The van der Waals surface area contributed by atoms with Gasteiger partial charge in [-0.05, 0) is 18.4 Å². The fourth-order valence-electron chi connectivity index (χ4n) is 2.26. The van der Waals surface area contributed by atoms with Crippen LogP contribution in [-0.4, -0.2) is 17.6 Å². The molecule has 1 aliphatic heterocycles. The zero-order chi connectivity index (χ0) is 12.7.